The van der Waals surface area contributed by atoms with Crippen LogP contribution in [0.15, 0.2) is 77.7 Å². The Morgan fingerprint density at radius 3 is 1.81 bits per heavy atom. The van der Waals surface area contributed by atoms with Crippen molar-refractivity contribution in [1.82, 2.24) is 0 Å². The summed E-state index contributed by atoms with van der Waals surface area (Å²) < 4.78 is 0. The third-order valence-corrected chi connectivity index (χ3v) is 5.37. The van der Waals surface area contributed by atoms with E-state index in [0.29, 0.717) is 0 Å². The van der Waals surface area contributed by atoms with Crippen molar-refractivity contribution >= 4 is 35.8 Å². The predicted molar refractivity (Wildman–Crippen MR) is 102 cm³/mol. The first kappa shape index (κ1) is 14.5. The van der Waals surface area contributed by atoms with Crippen LogP contribution in [-0.2, 0) is 0 Å². The standard InChI is InChI=1S/C18H14INS/c19-21-18-12-16(10-11-17(18)20)15-8-6-14(7-9-15)13-4-2-1-3-5-13/h1-12H,20H2. The minimum Gasteiger partial charge on any atom is -0.398 e. The second-order valence-corrected chi connectivity index (χ2v) is 6.69. The van der Waals surface area contributed by atoms with E-state index in [4.69, 9.17) is 5.73 Å². The van der Waals surface area contributed by atoms with E-state index in [9.17, 15) is 0 Å². The maximum absolute atomic E-state index is 5.95. The van der Waals surface area contributed by atoms with E-state index in [1.165, 1.54) is 22.3 Å². The van der Waals surface area contributed by atoms with Crippen LogP contribution in [0.1, 0.15) is 0 Å². The molecule has 0 aliphatic heterocycles. The lowest BCUT2D eigenvalue weighted by atomic mass is 10.0. The number of nitrogen functional groups attached to an aromatic ring is 1. The molecule has 104 valence electrons. The van der Waals surface area contributed by atoms with E-state index >= 15 is 0 Å². The molecule has 0 saturated heterocycles. The number of rotatable bonds is 3. The van der Waals surface area contributed by atoms with Crippen molar-refractivity contribution in [3.8, 4) is 22.3 Å². The van der Waals surface area contributed by atoms with Gasteiger partial charge in [-0.15, -0.1) is 0 Å². The second kappa shape index (κ2) is 6.54. The molecule has 0 bridgehead atoms. The van der Waals surface area contributed by atoms with Gasteiger partial charge in [0.25, 0.3) is 0 Å². The number of benzene rings is 3. The van der Waals surface area contributed by atoms with Crippen LogP contribution in [-0.4, -0.2) is 0 Å². The van der Waals surface area contributed by atoms with Crippen molar-refractivity contribution in [3.05, 3.63) is 72.8 Å². The van der Waals surface area contributed by atoms with Gasteiger partial charge in [-0.05, 0) is 34.4 Å². The molecule has 0 spiro atoms. The molecule has 0 saturated carbocycles. The number of anilines is 1. The molecule has 3 rings (SSSR count). The van der Waals surface area contributed by atoms with Crippen molar-refractivity contribution in [2.45, 2.75) is 4.90 Å². The molecule has 0 heterocycles. The zero-order chi connectivity index (χ0) is 14.7. The molecular weight excluding hydrogens is 389 g/mol. The fourth-order valence-electron chi connectivity index (χ4n) is 2.27. The highest BCUT2D eigenvalue weighted by Gasteiger charge is 2.04. The van der Waals surface area contributed by atoms with E-state index in [0.717, 1.165) is 10.6 Å². The normalized spacial score (nSPS) is 10.5. The minimum absolute atomic E-state index is 0.832. The molecule has 3 aromatic carbocycles. The monoisotopic (exact) mass is 403 g/mol. The molecule has 2 N–H and O–H groups in total. The summed E-state index contributed by atoms with van der Waals surface area (Å²) in [6.45, 7) is 0. The van der Waals surface area contributed by atoms with E-state index in [1.807, 2.05) is 12.1 Å². The Balaban J connectivity index is 1.94. The van der Waals surface area contributed by atoms with Crippen molar-refractivity contribution in [2.75, 3.05) is 5.73 Å². The molecule has 0 atom stereocenters. The van der Waals surface area contributed by atoms with Crippen molar-refractivity contribution in [2.24, 2.45) is 0 Å². The summed E-state index contributed by atoms with van der Waals surface area (Å²) in [5.74, 6) is 0. The van der Waals surface area contributed by atoms with Crippen LogP contribution in [0.3, 0.4) is 0 Å². The van der Waals surface area contributed by atoms with Gasteiger partial charge in [-0.1, -0.05) is 69.6 Å². The number of hydrogen-bond donors (Lipinski definition) is 1. The van der Waals surface area contributed by atoms with Crippen LogP contribution < -0.4 is 5.73 Å². The summed E-state index contributed by atoms with van der Waals surface area (Å²) in [7, 11) is 1.65. The van der Waals surface area contributed by atoms with Gasteiger partial charge in [0, 0.05) is 31.8 Å². The lowest BCUT2D eigenvalue weighted by Gasteiger charge is -2.07. The van der Waals surface area contributed by atoms with Crippen molar-refractivity contribution < 1.29 is 0 Å². The summed E-state index contributed by atoms with van der Waals surface area (Å²) in [5, 5.41) is 0. The molecular formula is C18H14INS. The first-order chi connectivity index (χ1) is 10.3. The van der Waals surface area contributed by atoms with Crippen molar-refractivity contribution in [1.29, 1.82) is 0 Å². The van der Waals surface area contributed by atoms with Gasteiger partial charge < -0.3 is 5.73 Å². The third-order valence-electron chi connectivity index (χ3n) is 3.42. The largest absolute Gasteiger partial charge is 0.398 e. The maximum atomic E-state index is 5.95. The summed E-state index contributed by atoms with van der Waals surface area (Å²) >= 11 is 2.26. The number of hydrogen-bond acceptors (Lipinski definition) is 2. The summed E-state index contributed by atoms with van der Waals surface area (Å²) in [5.41, 5.74) is 11.7. The Morgan fingerprint density at radius 1 is 0.667 bits per heavy atom. The molecule has 0 aliphatic rings. The Kier molecular flexibility index (Phi) is 4.51. The number of halogens is 1. The lowest BCUT2D eigenvalue weighted by molar-refractivity contribution is 1.46. The topological polar surface area (TPSA) is 26.0 Å². The lowest BCUT2D eigenvalue weighted by Crippen LogP contribution is -1.88. The van der Waals surface area contributed by atoms with Crippen molar-refractivity contribution in [3.63, 3.8) is 0 Å². The van der Waals surface area contributed by atoms with E-state index in [2.05, 4.69) is 81.9 Å². The molecule has 0 radical (unpaired) electrons. The quantitative estimate of drug-likeness (QED) is 0.426. The highest BCUT2D eigenvalue weighted by atomic mass is 127. The Hall–Kier alpha value is -1.46. The second-order valence-electron chi connectivity index (χ2n) is 4.77. The van der Waals surface area contributed by atoms with Crippen LogP contribution in [0.5, 0.6) is 0 Å². The number of nitrogens with two attached hydrogens (primary N) is 1. The predicted octanol–water partition coefficient (Wildman–Crippen LogP) is 6.04. The third kappa shape index (κ3) is 3.24. The fourth-order valence-corrected chi connectivity index (χ4v) is 3.74. The molecule has 0 aromatic heterocycles. The highest BCUT2D eigenvalue weighted by molar-refractivity contribution is 14.2. The van der Waals surface area contributed by atoms with Crippen LogP contribution in [0.4, 0.5) is 5.69 Å². The van der Waals surface area contributed by atoms with Crippen LogP contribution >= 0.6 is 30.1 Å². The smallest absolute Gasteiger partial charge is 0.0460 e. The SMILES string of the molecule is Nc1ccc(-c2ccc(-c3ccccc3)cc2)cc1SI. The molecule has 3 heteroatoms. The molecule has 1 nitrogen and oxygen atoms in total. The zero-order valence-corrected chi connectivity index (χ0v) is 14.3. The molecule has 0 amide bonds. The van der Waals surface area contributed by atoms with Gasteiger partial charge in [0.1, 0.15) is 0 Å². The van der Waals surface area contributed by atoms with Crippen LogP contribution in [0.25, 0.3) is 22.3 Å². The van der Waals surface area contributed by atoms with Gasteiger partial charge in [0.15, 0.2) is 0 Å². The molecule has 0 fully saturated rings. The Labute approximate surface area is 141 Å². The first-order valence-corrected chi connectivity index (χ1v) is 9.98. The average molecular weight is 403 g/mol. The molecule has 3 aromatic rings. The fraction of sp³-hybridized carbons (Fsp3) is 0. The molecule has 0 aliphatic carbocycles. The summed E-state index contributed by atoms with van der Waals surface area (Å²) in [6, 6.07) is 25.3. The Morgan fingerprint density at radius 2 is 1.19 bits per heavy atom. The summed E-state index contributed by atoms with van der Waals surface area (Å²) in [4.78, 5) is 1.11. The van der Waals surface area contributed by atoms with Gasteiger partial charge in [0.2, 0.25) is 0 Å². The minimum atomic E-state index is 0.832. The Bertz CT molecular complexity index is 739. The van der Waals surface area contributed by atoms with E-state index < -0.39 is 0 Å². The maximum Gasteiger partial charge on any atom is 0.0460 e. The van der Waals surface area contributed by atoms with E-state index in [1.54, 1.807) is 8.93 Å². The van der Waals surface area contributed by atoms with Gasteiger partial charge in [-0.3, -0.25) is 0 Å². The van der Waals surface area contributed by atoms with Crippen LogP contribution in [0, 0.1) is 0 Å². The van der Waals surface area contributed by atoms with Crippen LogP contribution in [0.2, 0.25) is 0 Å². The van der Waals surface area contributed by atoms with E-state index in [-0.39, 0.29) is 0 Å². The highest BCUT2D eigenvalue weighted by Crippen LogP contribution is 2.34. The van der Waals surface area contributed by atoms with Gasteiger partial charge in [-0.25, -0.2) is 0 Å². The molecule has 0 unspecified atom stereocenters. The van der Waals surface area contributed by atoms with Gasteiger partial charge in [0.05, 0.1) is 0 Å². The zero-order valence-electron chi connectivity index (χ0n) is 11.3. The first-order valence-electron chi connectivity index (χ1n) is 6.62. The summed E-state index contributed by atoms with van der Waals surface area (Å²) in [6.07, 6.45) is 0. The van der Waals surface area contributed by atoms with Gasteiger partial charge in [-0.2, -0.15) is 0 Å². The van der Waals surface area contributed by atoms with Gasteiger partial charge >= 0.3 is 0 Å². The average Bonchev–Trinajstić information content (AvgIpc) is 2.56. The molecule has 21 heavy (non-hydrogen) atoms.